The summed E-state index contributed by atoms with van der Waals surface area (Å²) in [5.74, 6) is -0.419. The number of rotatable bonds is 10. The second kappa shape index (κ2) is 18.2. The lowest BCUT2D eigenvalue weighted by Crippen LogP contribution is -2.56. The molecule has 1 unspecified atom stereocenters. The number of ether oxygens (including phenoxy) is 2. The molecule has 0 radical (unpaired) electrons. The number of aromatic nitrogens is 3. The second-order valence-electron chi connectivity index (χ2n) is 17.2. The molecule has 0 saturated carbocycles. The molecular formula is C44H52ClF3N8O6. The summed E-state index contributed by atoms with van der Waals surface area (Å²) >= 11 is 6.66. The van der Waals surface area contributed by atoms with Gasteiger partial charge >= 0.3 is 12.5 Å². The summed E-state index contributed by atoms with van der Waals surface area (Å²) < 4.78 is 50.4. The van der Waals surface area contributed by atoms with Crippen LogP contribution in [0.15, 0.2) is 60.8 Å². The summed E-state index contributed by atoms with van der Waals surface area (Å²) in [6, 6.07) is 12.4. The number of piperazine rings is 1. The number of pyridine rings is 1. The first-order valence-electron chi connectivity index (χ1n) is 20.4. The van der Waals surface area contributed by atoms with Crippen molar-refractivity contribution in [1.29, 1.82) is 0 Å². The summed E-state index contributed by atoms with van der Waals surface area (Å²) in [4.78, 5) is 69.9. The largest absolute Gasteiger partial charge is 0.573 e. The highest BCUT2D eigenvalue weighted by atomic mass is 35.5. The zero-order valence-corrected chi connectivity index (χ0v) is 36.6. The Morgan fingerprint density at radius 1 is 0.952 bits per heavy atom. The number of hydrogen-bond acceptors (Lipinski definition) is 9. The van der Waals surface area contributed by atoms with E-state index in [9.17, 15) is 32.3 Å². The van der Waals surface area contributed by atoms with Crippen LogP contribution in [0.5, 0.6) is 5.75 Å². The normalized spacial score (nSPS) is 18.7. The third-order valence-electron chi connectivity index (χ3n) is 11.0. The number of amides is 4. The van der Waals surface area contributed by atoms with Crippen molar-refractivity contribution in [3.8, 4) is 28.1 Å². The molecule has 4 aromatic rings. The van der Waals surface area contributed by atoms with Crippen molar-refractivity contribution in [1.82, 2.24) is 30.1 Å². The number of carbonyl (C=O) groups excluding carboxylic acids is 4. The van der Waals surface area contributed by atoms with Crippen LogP contribution in [-0.4, -0.2) is 100 Å². The molecule has 18 heteroatoms. The Balaban J connectivity index is 1.17. The molecule has 2 aromatic heterocycles. The molecule has 0 aliphatic carbocycles. The van der Waals surface area contributed by atoms with Gasteiger partial charge in [0.05, 0.1) is 25.0 Å². The van der Waals surface area contributed by atoms with E-state index in [4.69, 9.17) is 21.3 Å². The van der Waals surface area contributed by atoms with E-state index in [0.717, 1.165) is 6.07 Å². The van der Waals surface area contributed by atoms with E-state index in [1.165, 1.54) is 25.4 Å². The van der Waals surface area contributed by atoms with Crippen LogP contribution in [0.1, 0.15) is 77.1 Å². The number of nitrogens with one attached hydrogen (secondary N) is 3. The number of alkyl halides is 3. The number of halogens is 4. The van der Waals surface area contributed by atoms with Gasteiger partial charge in [-0.25, -0.2) is 14.8 Å². The standard InChI is InChI=1S/C44H52ClF3N8O6/c1-24(2)35(52-42(60)61-8)40(58)56-22-25(3)19-32(56)38-51-36(37(45)53-38)28-11-9-27(10-12-28)31-15-13-29(20-33(31)62-44(46,47)48)39(57)50-30-14-16-34(49-21-30)55-18-17-54(23-26(55)4)41(59)43(5,6)7/h9-16,20-21,24-26,32,35H,17-19,22-23H2,1-8H3,(H,50,57)(H,51,53)(H,52,60)/t25-,26?,32-,35-/m0/s1. The molecule has 6 rings (SSSR count). The zero-order valence-electron chi connectivity index (χ0n) is 35.9. The topological polar surface area (TPSA) is 162 Å². The maximum absolute atomic E-state index is 13.7. The Morgan fingerprint density at radius 3 is 2.24 bits per heavy atom. The monoisotopic (exact) mass is 880 g/mol. The minimum atomic E-state index is -5.05. The van der Waals surface area contributed by atoms with Crippen molar-refractivity contribution in [2.75, 3.05) is 43.5 Å². The minimum Gasteiger partial charge on any atom is -0.453 e. The van der Waals surface area contributed by atoms with E-state index in [0.29, 0.717) is 66.8 Å². The smallest absolute Gasteiger partial charge is 0.453 e. The molecule has 14 nitrogen and oxygen atoms in total. The van der Waals surface area contributed by atoms with E-state index in [2.05, 4.69) is 30.2 Å². The fraction of sp³-hybridized carbons (Fsp3) is 0.455. The van der Waals surface area contributed by atoms with E-state index >= 15 is 0 Å². The quantitative estimate of drug-likeness (QED) is 0.142. The predicted octanol–water partition coefficient (Wildman–Crippen LogP) is 8.32. The second-order valence-corrected chi connectivity index (χ2v) is 17.6. The van der Waals surface area contributed by atoms with Crippen LogP contribution < -0.4 is 20.3 Å². The number of likely N-dealkylation sites (tertiary alicyclic amines) is 1. The molecule has 0 spiro atoms. The van der Waals surface area contributed by atoms with Gasteiger partial charge in [-0.3, -0.25) is 14.4 Å². The Hall–Kier alpha value is -5.84. The number of carbonyl (C=O) groups is 4. The Morgan fingerprint density at radius 2 is 1.65 bits per heavy atom. The number of alkyl carbamates (subject to hydrolysis) is 1. The maximum Gasteiger partial charge on any atom is 0.573 e. The van der Waals surface area contributed by atoms with E-state index in [1.807, 2.05) is 53.4 Å². The molecule has 2 saturated heterocycles. The van der Waals surface area contributed by atoms with Crippen molar-refractivity contribution in [3.05, 3.63) is 77.3 Å². The van der Waals surface area contributed by atoms with E-state index in [-0.39, 0.29) is 46.0 Å². The number of methoxy groups -OCH3 is 1. The minimum absolute atomic E-state index is 0.000728. The molecule has 2 aliphatic heterocycles. The molecule has 2 fully saturated rings. The first kappa shape index (κ1) is 45.7. The first-order chi connectivity index (χ1) is 29.1. The molecule has 2 aromatic carbocycles. The van der Waals surface area contributed by atoms with Crippen LogP contribution in [0, 0.1) is 17.3 Å². The zero-order chi connectivity index (χ0) is 45.3. The van der Waals surface area contributed by atoms with Gasteiger partial charge in [-0.2, -0.15) is 0 Å². The maximum atomic E-state index is 13.7. The predicted molar refractivity (Wildman–Crippen MR) is 229 cm³/mol. The van der Waals surface area contributed by atoms with Gasteiger partial charge in [0.25, 0.3) is 5.91 Å². The summed E-state index contributed by atoms with van der Waals surface area (Å²) in [5, 5.41) is 5.53. The van der Waals surface area contributed by atoms with E-state index in [1.54, 1.807) is 41.3 Å². The van der Waals surface area contributed by atoms with Crippen molar-refractivity contribution in [2.45, 2.75) is 79.4 Å². The third kappa shape index (κ3) is 10.4. The van der Waals surface area contributed by atoms with Crippen molar-refractivity contribution < 1.29 is 41.8 Å². The average Bonchev–Trinajstić information content (AvgIpc) is 3.80. The van der Waals surface area contributed by atoms with Crippen LogP contribution in [0.2, 0.25) is 5.15 Å². The Kier molecular flexibility index (Phi) is 13.4. The van der Waals surface area contributed by atoms with Gasteiger partial charge in [-0.1, -0.05) is 77.4 Å². The molecule has 2 aliphatic rings. The summed E-state index contributed by atoms with van der Waals surface area (Å²) in [6.07, 6.45) is -3.70. The lowest BCUT2D eigenvalue weighted by Gasteiger charge is -2.42. The highest BCUT2D eigenvalue weighted by Crippen LogP contribution is 2.40. The van der Waals surface area contributed by atoms with Gasteiger partial charge in [-0.15, -0.1) is 13.2 Å². The summed E-state index contributed by atoms with van der Waals surface area (Å²) in [7, 11) is 1.23. The van der Waals surface area contributed by atoms with Crippen molar-refractivity contribution >= 4 is 46.9 Å². The first-order valence-corrected chi connectivity index (χ1v) is 20.8. The van der Waals surface area contributed by atoms with Gasteiger partial charge in [0.2, 0.25) is 11.8 Å². The number of aromatic amines is 1. The molecule has 4 heterocycles. The molecule has 0 bridgehead atoms. The molecule has 3 N–H and O–H groups in total. The number of anilines is 2. The lowest BCUT2D eigenvalue weighted by molar-refractivity contribution is -0.274. The highest BCUT2D eigenvalue weighted by molar-refractivity contribution is 6.32. The van der Waals surface area contributed by atoms with Crippen LogP contribution in [0.3, 0.4) is 0 Å². The van der Waals surface area contributed by atoms with Crippen molar-refractivity contribution in [2.24, 2.45) is 17.3 Å². The molecule has 332 valence electrons. The van der Waals surface area contributed by atoms with Crippen LogP contribution in [0.4, 0.5) is 29.5 Å². The SMILES string of the molecule is COC(=O)N[C@H](C(=O)N1C[C@@H](C)C[C@H]1c1nc(-c2ccc(-c3ccc(C(=O)Nc4ccc(N5CCN(C(=O)C(C)(C)C)CC5C)nc4)cc3OC(F)(F)F)cc2)c(Cl)[nH]1)C(C)C. The van der Waals surface area contributed by atoms with Gasteiger partial charge in [0.15, 0.2) is 0 Å². The van der Waals surface area contributed by atoms with Crippen molar-refractivity contribution in [3.63, 3.8) is 0 Å². The summed E-state index contributed by atoms with van der Waals surface area (Å²) in [5.41, 5.74) is 1.15. The Bertz CT molecular complexity index is 2280. The summed E-state index contributed by atoms with van der Waals surface area (Å²) in [6.45, 7) is 15.5. The lowest BCUT2D eigenvalue weighted by atomic mass is 9.94. The average molecular weight is 881 g/mol. The number of imidazole rings is 1. The molecule has 62 heavy (non-hydrogen) atoms. The molecule has 4 amide bonds. The number of benzene rings is 2. The van der Waals surface area contributed by atoms with Gasteiger partial charge in [0.1, 0.15) is 34.3 Å². The fourth-order valence-electron chi connectivity index (χ4n) is 7.85. The number of H-pyrrole nitrogens is 1. The number of nitrogens with zero attached hydrogens (tertiary/aromatic N) is 5. The highest BCUT2D eigenvalue weighted by Gasteiger charge is 2.41. The van der Waals surface area contributed by atoms with E-state index < -0.39 is 41.6 Å². The van der Waals surface area contributed by atoms with Crippen LogP contribution in [0.25, 0.3) is 22.4 Å². The Labute approximate surface area is 363 Å². The fourth-order valence-corrected chi connectivity index (χ4v) is 8.10. The third-order valence-corrected chi connectivity index (χ3v) is 11.2. The van der Waals surface area contributed by atoms with Gasteiger partial charge in [-0.05, 0) is 61.1 Å². The van der Waals surface area contributed by atoms with Crippen LogP contribution >= 0.6 is 11.6 Å². The van der Waals surface area contributed by atoms with Gasteiger partial charge < -0.3 is 39.8 Å². The molecular weight excluding hydrogens is 829 g/mol. The molecule has 4 atom stereocenters. The van der Waals surface area contributed by atoms with Crippen LogP contribution in [-0.2, 0) is 14.3 Å². The number of hydrogen-bond donors (Lipinski definition) is 3. The van der Waals surface area contributed by atoms with Gasteiger partial charge in [0, 0.05) is 54.3 Å².